The van der Waals surface area contributed by atoms with Gasteiger partial charge in [-0.1, -0.05) is 12.2 Å². The van der Waals surface area contributed by atoms with E-state index in [0.717, 1.165) is 4.90 Å². The normalized spacial score (nSPS) is 14.3. The van der Waals surface area contributed by atoms with Gasteiger partial charge in [0.25, 0.3) is 11.8 Å². The minimum atomic E-state index is -1.12. The number of nitrogens with zero attached hydrogens (tertiary/aromatic N) is 1. The Morgan fingerprint density at radius 3 is 2.58 bits per heavy atom. The molecule has 1 aromatic rings. The molecule has 1 aromatic carbocycles. The number of hydrogen-bond acceptors (Lipinski definition) is 3. The third-order valence-electron chi connectivity index (χ3n) is 2.97. The number of carbonyl (C=O) groups excluding carboxylic acids is 2. The van der Waals surface area contributed by atoms with Crippen molar-refractivity contribution in [1.82, 2.24) is 4.90 Å². The Morgan fingerprint density at radius 1 is 1.26 bits per heavy atom. The van der Waals surface area contributed by atoms with E-state index in [1.165, 1.54) is 18.2 Å². The van der Waals surface area contributed by atoms with Crippen LogP contribution in [0.2, 0.25) is 0 Å². The van der Waals surface area contributed by atoms with Crippen molar-refractivity contribution in [2.75, 3.05) is 6.54 Å². The summed E-state index contributed by atoms with van der Waals surface area (Å²) in [5.74, 6) is -1.90. The zero-order valence-electron chi connectivity index (χ0n) is 10.4. The van der Waals surface area contributed by atoms with Gasteiger partial charge in [0.05, 0.1) is 16.7 Å². The number of carboxylic acid groups (broad SMARTS) is 1. The summed E-state index contributed by atoms with van der Waals surface area (Å²) in [4.78, 5) is 36.1. The summed E-state index contributed by atoms with van der Waals surface area (Å²) >= 11 is 0. The maximum Gasteiger partial charge on any atom is 0.335 e. The molecule has 2 rings (SSSR count). The Bertz CT molecular complexity index is 589. The van der Waals surface area contributed by atoms with E-state index in [4.69, 9.17) is 5.11 Å². The Morgan fingerprint density at radius 2 is 1.95 bits per heavy atom. The molecule has 1 aliphatic rings. The molecule has 19 heavy (non-hydrogen) atoms. The zero-order chi connectivity index (χ0) is 14.0. The Kier molecular flexibility index (Phi) is 3.46. The van der Waals surface area contributed by atoms with Crippen LogP contribution in [-0.4, -0.2) is 34.3 Å². The van der Waals surface area contributed by atoms with E-state index in [2.05, 4.69) is 0 Å². The summed E-state index contributed by atoms with van der Waals surface area (Å²) in [5.41, 5.74) is 0.455. The van der Waals surface area contributed by atoms with Gasteiger partial charge in [0.2, 0.25) is 0 Å². The molecule has 1 aliphatic heterocycles. The first kappa shape index (κ1) is 13.0. The lowest BCUT2D eigenvalue weighted by Gasteiger charge is -2.11. The van der Waals surface area contributed by atoms with Crippen LogP contribution in [0, 0.1) is 0 Å². The second-order valence-electron chi connectivity index (χ2n) is 4.19. The standard InChI is InChI=1S/C14H13NO4/c1-2-3-4-7-15-12(16)10-6-5-9(14(18)19)8-11(10)13(15)17/h2-3,5-6,8H,4,7H2,1H3,(H,18,19)/b3-2+. The molecule has 0 radical (unpaired) electrons. The highest BCUT2D eigenvalue weighted by molar-refractivity contribution is 6.21. The minimum absolute atomic E-state index is 0.00945. The summed E-state index contributed by atoms with van der Waals surface area (Å²) < 4.78 is 0. The van der Waals surface area contributed by atoms with Gasteiger partial charge in [-0.05, 0) is 31.5 Å². The van der Waals surface area contributed by atoms with Crippen molar-refractivity contribution in [3.05, 3.63) is 47.0 Å². The minimum Gasteiger partial charge on any atom is -0.478 e. The van der Waals surface area contributed by atoms with Crippen molar-refractivity contribution in [2.45, 2.75) is 13.3 Å². The van der Waals surface area contributed by atoms with Crippen LogP contribution in [0.3, 0.4) is 0 Å². The summed E-state index contributed by atoms with van der Waals surface area (Å²) in [7, 11) is 0. The number of hydrogen-bond donors (Lipinski definition) is 1. The first-order valence-electron chi connectivity index (χ1n) is 5.91. The predicted octanol–water partition coefficient (Wildman–Crippen LogP) is 1.95. The number of aromatic carboxylic acids is 1. The van der Waals surface area contributed by atoms with E-state index in [1.807, 2.05) is 19.1 Å². The number of amides is 2. The first-order chi connectivity index (χ1) is 9.06. The first-order valence-corrected chi connectivity index (χ1v) is 5.91. The second kappa shape index (κ2) is 5.06. The third kappa shape index (κ3) is 2.27. The molecule has 0 bridgehead atoms. The van der Waals surface area contributed by atoms with Crippen molar-refractivity contribution in [1.29, 1.82) is 0 Å². The van der Waals surface area contributed by atoms with Gasteiger partial charge in [0, 0.05) is 6.54 Å². The predicted molar refractivity (Wildman–Crippen MR) is 68.2 cm³/mol. The highest BCUT2D eigenvalue weighted by Gasteiger charge is 2.35. The molecular weight excluding hydrogens is 246 g/mol. The molecule has 0 spiro atoms. The van der Waals surface area contributed by atoms with Crippen molar-refractivity contribution in [3.63, 3.8) is 0 Å². The molecule has 5 heteroatoms. The number of fused-ring (bicyclic) bond motifs is 1. The summed E-state index contributed by atoms with van der Waals surface area (Å²) in [6.45, 7) is 2.17. The van der Waals surface area contributed by atoms with Crippen LogP contribution >= 0.6 is 0 Å². The molecule has 0 atom stereocenters. The lowest BCUT2D eigenvalue weighted by atomic mass is 10.1. The van der Waals surface area contributed by atoms with Crippen molar-refractivity contribution >= 4 is 17.8 Å². The van der Waals surface area contributed by atoms with E-state index in [9.17, 15) is 14.4 Å². The van der Waals surface area contributed by atoms with Crippen molar-refractivity contribution < 1.29 is 19.5 Å². The molecule has 98 valence electrons. The number of carbonyl (C=O) groups is 3. The van der Waals surface area contributed by atoms with Gasteiger partial charge in [0.15, 0.2) is 0 Å². The Labute approximate surface area is 110 Å². The summed E-state index contributed by atoms with van der Waals surface area (Å²) in [5, 5.41) is 8.89. The molecule has 5 nitrogen and oxygen atoms in total. The molecular formula is C14H13NO4. The van der Waals surface area contributed by atoms with Gasteiger partial charge in [-0.2, -0.15) is 0 Å². The van der Waals surface area contributed by atoms with Gasteiger partial charge in [-0.3, -0.25) is 14.5 Å². The molecule has 0 unspecified atom stereocenters. The number of benzene rings is 1. The van der Waals surface area contributed by atoms with Crippen molar-refractivity contribution in [3.8, 4) is 0 Å². The average Bonchev–Trinajstić information content (AvgIpc) is 2.63. The average molecular weight is 259 g/mol. The monoisotopic (exact) mass is 259 g/mol. The summed E-state index contributed by atoms with van der Waals surface area (Å²) in [6.07, 6.45) is 4.31. The van der Waals surface area contributed by atoms with Gasteiger partial charge in [0.1, 0.15) is 0 Å². The number of rotatable bonds is 4. The van der Waals surface area contributed by atoms with Gasteiger partial charge >= 0.3 is 5.97 Å². The fourth-order valence-electron chi connectivity index (χ4n) is 2.00. The molecule has 2 amide bonds. The van der Waals surface area contributed by atoms with E-state index in [0.29, 0.717) is 13.0 Å². The maximum absolute atomic E-state index is 12.1. The van der Waals surface area contributed by atoms with Crippen LogP contribution < -0.4 is 0 Å². The van der Waals surface area contributed by atoms with Crippen LogP contribution in [0.1, 0.15) is 44.4 Å². The van der Waals surface area contributed by atoms with Crippen molar-refractivity contribution in [2.24, 2.45) is 0 Å². The molecule has 0 aromatic heterocycles. The smallest absolute Gasteiger partial charge is 0.335 e. The van der Waals surface area contributed by atoms with Gasteiger partial charge in [-0.15, -0.1) is 0 Å². The lowest BCUT2D eigenvalue weighted by molar-refractivity contribution is 0.0655. The fourth-order valence-corrected chi connectivity index (χ4v) is 2.00. The fraction of sp³-hybridized carbons (Fsp3) is 0.214. The van der Waals surface area contributed by atoms with Crippen LogP contribution in [0.5, 0.6) is 0 Å². The SMILES string of the molecule is C/C=C/CCN1C(=O)c2ccc(C(=O)O)cc2C1=O. The Balaban J connectivity index is 2.30. The van der Waals surface area contributed by atoms with E-state index < -0.39 is 11.9 Å². The molecule has 0 aliphatic carbocycles. The van der Waals surface area contributed by atoms with E-state index >= 15 is 0 Å². The maximum atomic E-state index is 12.1. The van der Waals surface area contributed by atoms with E-state index in [-0.39, 0.29) is 22.6 Å². The highest BCUT2D eigenvalue weighted by Crippen LogP contribution is 2.24. The molecule has 0 saturated heterocycles. The van der Waals surface area contributed by atoms with E-state index in [1.54, 1.807) is 0 Å². The van der Waals surface area contributed by atoms with Crippen LogP contribution in [0.15, 0.2) is 30.4 Å². The second-order valence-corrected chi connectivity index (χ2v) is 4.19. The topological polar surface area (TPSA) is 74.7 Å². The van der Waals surface area contributed by atoms with Crippen LogP contribution in [0.25, 0.3) is 0 Å². The number of allylic oxidation sites excluding steroid dienone is 1. The van der Waals surface area contributed by atoms with Crippen LogP contribution in [0.4, 0.5) is 0 Å². The largest absolute Gasteiger partial charge is 0.478 e. The molecule has 0 fully saturated rings. The zero-order valence-corrected chi connectivity index (χ0v) is 10.4. The van der Waals surface area contributed by atoms with Gasteiger partial charge < -0.3 is 5.11 Å². The Hall–Kier alpha value is -2.43. The molecule has 1 heterocycles. The highest BCUT2D eigenvalue weighted by atomic mass is 16.4. The summed E-state index contributed by atoms with van der Waals surface area (Å²) in [6, 6.07) is 3.99. The van der Waals surface area contributed by atoms with Gasteiger partial charge in [-0.25, -0.2) is 4.79 Å². The molecule has 1 N–H and O–H groups in total. The van der Waals surface area contributed by atoms with Crippen LogP contribution in [-0.2, 0) is 0 Å². The third-order valence-corrected chi connectivity index (χ3v) is 2.97. The number of imide groups is 1. The quantitative estimate of drug-likeness (QED) is 0.662. The lowest BCUT2D eigenvalue weighted by Crippen LogP contribution is -2.30. The molecule has 0 saturated carbocycles. The number of carboxylic acids is 1.